The van der Waals surface area contributed by atoms with Crippen molar-refractivity contribution in [3.05, 3.63) is 33.7 Å². The van der Waals surface area contributed by atoms with Gasteiger partial charge in [-0.3, -0.25) is 0 Å². The van der Waals surface area contributed by atoms with E-state index in [4.69, 9.17) is 4.74 Å². The van der Waals surface area contributed by atoms with Crippen molar-refractivity contribution in [1.82, 2.24) is 4.98 Å². The molecule has 1 heterocycles. The van der Waals surface area contributed by atoms with Crippen LogP contribution in [0, 0.1) is 0 Å². The predicted molar refractivity (Wildman–Crippen MR) is 79.4 cm³/mol. The van der Waals surface area contributed by atoms with Crippen LogP contribution >= 0.6 is 39.9 Å². The van der Waals surface area contributed by atoms with Crippen LogP contribution in [0.5, 0.6) is 5.75 Å². The van der Waals surface area contributed by atoms with Crippen LogP contribution < -0.4 is 4.74 Å². The molecule has 0 saturated carbocycles. The Morgan fingerprint density at radius 3 is 3.00 bits per heavy atom. The number of hydrogen-bond acceptors (Lipinski definition) is 4. The van der Waals surface area contributed by atoms with Gasteiger partial charge in [0.25, 0.3) is 0 Å². The minimum Gasteiger partial charge on any atom is -0.496 e. The quantitative estimate of drug-likeness (QED) is 0.854. The van der Waals surface area contributed by atoms with Crippen molar-refractivity contribution < 1.29 is 4.74 Å². The van der Waals surface area contributed by atoms with E-state index in [1.54, 1.807) is 18.4 Å². The van der Waals surface area contributed by atoms with Crippen molar-refractivity contribution in [3.8, 4) is 16.3 Å². The number of hydrogen-bond donors (Lipinski definition) is 1. The first-order valence-corrected chi connectivity index (χ1v) is 7.44. The van der Waals surface area contributed by atoms with Crippen molar-refractivity contribution in [1.29, 1.82) is 0 Å². The fraction of sp³-hybridized carbons (Fsp3) is 0.250. The molecule has 0 aliphatic heterocycles. The highest BCUT2D eigenvalue weighted by Crippen LogP contribution is 2.34. The van der Waals surface area contributed by atoms with E-state index < -0.39 is 0 Å². The molecule has 0 bridgehead atoms. The first kappa shape index (κ1) is 12.9. The SMILES string of the molecule is COc1ccc(Br)cc1-c1nc(CCS)cs1. The summed E-state index contributed by atoms with van der Waals surface area (Å²) in [5.41, 5.74) is 2.11. The number of rotatable bonds is 4. The van der Waals surface area contributed by atoms with Gasteiger partial charge in [-0.1, -0.05) is 15.9 Å². The Kier molecular flexibility index (Phi) is 4.48. The summed E-state index contributed by atoms with van der Waals surface area (Å²) in [7, 11) is 1.68. The normalized spacial score (nSPS) is 10.5. The smallest absolute Gasteiger partial charge is 0.129 e. The minimum absolute atomic E-state index is 0.818. The Morgan fingerprint density at radius 1 is 1.47 bits per heavy atom. The molecule has 0 fully saturated rings. The molecule has 90 valence electrons. The van der Waals surface area contributed by atoms with Gasteiger partial charge in [0, 0.05) is 9.85 Å². The van der Waals surface area contributed by atoms with Gasteiger partial charge in [-0.15, -0.1) is 11.3 Å². The van der Waals surface area contributed by atoms with Crippen LogP contribution in [0.1, 0.15) is 5.69 Å². The molecule has 5 heteroatoms. The van der Waals surface area contributed by atoms with Gasteiger partial charge in [0.15, 0.2) is 0 Å². The molecule has 0 spiro atoms. The van der Waals surface area contributed by atoms with Crippen LogP contribution in [-0.2, 0) is 6.42 Å². The van der Waals surface area contributed by atoms with Crippen LogP contribution in [0.15, 0.2) is 28.1 Å². The van der Waals surface area contributed by atoms with E-state index in [0.717, 1.165) is 38.7 Å². The second kappa shape index (κ2) is 5.89. The molecule has 0 radical (unpaired) electrons. The van der Waals surface area contributed by atoms with Crippen molar-refractivity contribution in [3.63, 3.8) is 0 Å². The lowest BCUT2D eigenvalue weighted by molar-refractivity contribution is 0.416. The number of methoxy groups -OCH3 is 1. The van der Waals surface area contributed by atoms with Crippen LogP contribution in [0.4, 0.5) is 0 Å². The Morgan fingerprint density at radius 2 is 2.29 bits per heavy atom. The summed E-state index contributed by atoms with van der Waals surface area (Å²) in [6.07, 6.45) is 0.899. The largest absolute Gasteiger partial charge is 0.496 e. The highest BCUT2D eigenvalue weighted by atomic mass is 79.9. The van der Waals surface area contributed by atoms with Gasteiger partial charge in [-0.2, -0.15) is 12.6 Å². The summed E-state index contributed by atoms with van der Waals surface area (Å²) < 4.78 is 6.38. The van der Waals surface area contributed by atoms with E-state index in [1.807, 2.05) is 18.2 Å². The fourth-order valence-corrected chi connectivity index (χ4v) is 2.97. The third-order valence-corrected chi connectivity index (χ3v) is 3.95. The standard InChI is InChI=1S/C12H12BrNOS2/c1-15-11-3-2-8(13)6-10(11)12-14-9(4-5-16)7-17-12/h2-3,6-7,16H,4-5H2,1H3. The van der Waals surface area contributed by atoms with Crippen molar-refractivity contribution in [2.45, 2.75) is 6.42 Å². The fourth-order valence-electron chi connectivity index (χ4n) is 1.51. The van der Waals surface area contributed by atoms with Gasteiger partial charge in [0.2, 0.25) is 0 Å². The lowest BCUT2D eigenvalue weighted by Crippen LogP contribution is -1.89. The summed E-state index contributed by atoms with van der Waals surface area (Å²) in [5, 5.41) is 3.06. The number of thiol groups is 1. The number of benzene rings is 1. The van der Waals surface area contributed by atoms with E-state index in [9.17, 15) is 0 Å². The third kappa shape index (κ3) is 3.03. The average Bonchev–Trinajstić information content (AvgIpc) is 2.78. The van der Waals surface area contributed by atoms with Crippen LogP contribution in [0.25, 0.3) is 10.6 Å². The Hall–Kier alpha value is -0.520. The van der Waals surface area contributed by atoms with Crippen molar-refractivity contribution in [2.24, 2.45) is 0 Å². The first-order valence-electron chi connectivity index (χ1n) is 5.13. The highest BCUT2D eigenvalue weighted by molar-refractivity contribution is 9.10. The highest BCUT2D eigenvalue weighted by Gasteiger charge is 2.10. The molecule has 0 N–H and O–H groups in total. The molecule has 17 heavy (non-hydrogen) atoms. The predicted octanol–water partition coefficient (Wildman–Crippen LogP) is 4.05. The topological polar surface area (TPSA) is 22.1 Å². The van der Waals surface area contributed by atoms with Gasteiger partial charge in [-0.05, 0) is 30.4 Å². The Bertz CT molecular complexity index is 513. The zero-order valence-electron chi connectivity index (χ0n) is 9.31. The van der Waals surface area contributed by atoms with Gasteiger partial charge in [0.1, 0.15) is 10.8 Å². The third-order valence-electron chi connectivity index (χ3n) is 2.31. The van der Waals surface area contributed by atoms with Gasteiger partial charge < -0.3 is 4.74 Å². The summed E-state index contributed by atoms with van der Waals surface area (Å²) in [5.74, 6) is 1.67. The molecular weight excluding hydrogens is 318 g/mol. The molecule has 1 aromatic heterocycles. The lowest BCUT2D eigenvalue weighted by atomic mass is 10.2. The maximum atomic E-state index is 5.35. The molecule has 2 nitrogen and oxygen atoms in total. The summed E-state index contributed by atoms with van der Waals surface area (Å²) in [6.45, 7) is 0. The van der Waals surface area contributed by atoms with E-state index in [-0.39, 0.29) is 0 Å². The number of nitrogens with zero attached hydrogens (tertiary/aromatic N) is 1. The van der Waals surface area contributed by atoms with E-state index in [0.29, 0.717) is 0 Å². The molecule has 0 saturated heterocycles. The molecule has 2 aromatic rings. The second-order valence-corrected chi connectivity index (χ2v) is 5.68. The van der Waals surface area contributed by atoms with Gasteiger partial charge >= 0.3 is 0 Å². The molecule has 2 rings (SSSR count). The molecule has 0 aliphatic rings. The number of aryl methyl sites for hydroxylation is 1. The summed E-state index contributed by atoms with van der Waals surface area (Å²) in [6, 6.07) is 5.94. The van der Waals surface area contributed by atoms with Gasteiger partial charge in [0.05, 0.1) is 18.4 Å². The van der Waals surface area contributed by atoms with Gasteiger partial charge in [-0.25, -0.2) is 4.98 Å². The lowest BCUT2D eigenvalue weighted by Gasteiger charge is -2.06. The molecule has 0 unspecified atom stereocenters. The zero-order chi connectivity index (χ0) is 12.3. The Balaban J connectivity index is 2.40. The summed E-state index contributed by atoms with van der Waals surface area (Å²) in [4.78, 5) is 4.59. The molecule has 1 aromatic carbocycles. The molecule has 0 atom stereocenters. The van der Waals surface area contributed by atoms with Crippen molar-refractivity contribution >= 4 is 39.9 Å². The summed E-state index contributed by atoms with van der Waals surface area (Å²) >= 11 is 9.32. The van der Waals surface area contributed by atoms with E-state index in [2.05, 4.69) is 38.9 Å². The van der Waals surface area contributed by atoms with E-state index >= 15 is 0 Å². The van der Waals surface area contributed by atoms with Crippen LogP contribution in [0.2, 0.25) is 0 Å². The molecular formula is C12H12BrNOS2. The molecule has 0 aliphatic carbocycles. The van der Waals surface area contributed by atoms with Crippen LogP contribution in [0.3, 0.4) is 0 Å². The number of halogens is 1. The monoisotopic (exact) mass is 329 g/mol. The molecule has 0 amide bonds. The zero-order valence-corrected chi connectivity index (χ0v) is 12.6. The number of thiazole rings is 1. The van der Waals surface area contributed by atoms with Crippen molar-refractivity contribution in [2.75, 3.05) is 12.9 Å². The number of aromatic nitrogens is 1. The average molecular weight is 330 g/mol. The maximum Gasteiger partial charge on any atom is 0.129 e. The van der Waals surface area contributed by atoms with E-state index in [1.165, 1.54) is 0 Å². The first-order chi connectivity index (χ1) is 8.24. The Labute approximate surface area is 119 Å². The number of ether oxygens (including phenoxy) is 1. The van der Waals surface area contributed by atoms with Crippen LogP contribution in [-0.4, -0.2) is 17.8 Å². The second-order valence-electron chi connectivity index (χ2n) is 3.46. The maximum absolute atomic E-state index is 5.35. The minimum atomic E-state index is 0.818.